The van der Waals surface area contributed by atoms with Gasteiger partial charge in [0.1, 0.15) is 10.7 Å². The van der Waals surface area contributed by atoms with Crippen molar-refractivity contribution in [1.29, 1.82) is 0 Å². The molecular formula is C17H11N3O2S. The van der Waals surface area contributed by atoms with Gasteiger partial charge in [0, 0.05) is 6.20 Å². The Balaban J connectivity index is 1.70. The minimum atomic E-state index is -0.928. The molecule has 0 bridgehead atoms. The third-order valence-corrected chi connectivity index (χ3v) is 4.48. The monoisotopic (exact) mass is 321 g/mol. The molecule has 0 radical (unpaired) electrons. The second-order valence-electron chi connectivity index (χ2n) is 4.98. The van der Waals surface area contributed by atoms with Crippen LogP contribution in [0.15, 0.2) is 48.8 Å². The second-order valence-corrected chi connectivity index (χ2v) is 6.05. The van der Waals surface area contributed by atoms with E-state index in [1.54, 1.807) is 18.2 Å². The number of nitrogens with zero attached hydrogens (tertiary/aromatic N) is 3. The highest BCUT2D eigenvalue weighted by atomic mass is 32.1. The summed E-state index contributed by atoms with van der Waals surface area (Å²) in [6.45, 7) is 0. The lowest BCUT2D eigenvalue weighted by Gasteiger charge is -1.94. The predicted molar refractivity (Wildman–Crippen MR) is 90.7 cm³/mol. The Labute approximate surface area is 135 Å². The first-order valence-electron chi connectivity index (χ1n) is 6.95. The van der Waals surface area contributed by atoms with Gasteiger partial charge in [0.15, 0.2) is 0 Å². The summed E-state index contributed by atoms with van der Waals surface area (Å²) in [5, 5.41) is 9.87. The van der Waals surface area contributed by atoms with E-state index < -0.39 is 5.97 Å². The summed E-state index contributed by atoms with van der Waals surface area (Å²) in [6, 6.07) is 10.8. The summed E-state index contributed by atoms with van der Waals surface area (Å²) in [5.74, 6) is -0.928. The van der Waals surface area contributed by atoms with E-state index in [-0.39, 0.29) is 5.56 Å². The lowest BCUT2D eigenvalue weighted by atomic mass is 10.2. The first-order valence-corrected chi connectivity index (χ1v) is 7.76. The molecule has 3 heterocycles. The highest BCUT2D eigenvalue weighted by Crippen LogP contribution is 2.25. The van der Waals surface area contributed by atoms with Gasteiger partial charge in [-0.2, -0.15) is 0 Å². The average molecular weight is 321 g/mol. The molecule has 3 aromatic heterocycles. The molecule has 5 nitrogen and oxygen atoms in total. The normalized spacial score (nSPS) is 11.7. The number of aromatic carboxylic acids is 1. The molecule has 0 aliphatic carbocycles. The van der Waals surface area contributed by atoms with Crippen molar-refractivity contribution in [3.05, 3.63) is 65.1 Å². The number of rotatable bonds is 3. The minimum Gasteiger partial charge on any atom is -0.478 e. The van der Waals surface area contributed by atoms with E-state index >= 15 is 0 Å². The number of aromatic nitrogens is 3. The molecule has 1 N–H and O–H groups in total. The number of thiazole rings is 1. The van der Waals surface area contributed by atoms with Crippen LogP contribution in [0.4, 0.5) is 0 Å². The highest BCUT2D eigenvalue weighted by Gasteiger charge is 2.07. The zero-order valence-corrected chi connectivity index (χ0v) is 12.7. The molecule has 0 spiro atoms. The fourth-order valence-electron chi connectivity index (χ4n) is 2.38. The Morgan fingerprint density at radius 2 is 2.13 bits per heavy atom. The summed E-state index contributed by atoms with van der Waals surface area (Å²) in [4.78, 5) is 19.9. The molecule has 23 heavy (non-hydrogen) atoms. The van der Waals surface area contributed by atoms with Crippen molar-refractivity contribution < 1.29 is 9.90 Å². The number of benzene rings is 1. The van der Waals surface area contributed by atoms with E-state index in [1.807, 2.05) is 47.1 Å². The largest absolute Gasteiger partial charge is 0.478 e. The van der Waals surface area contributed by atoms with Crippen LogP contribution in [0, 0.1) is 0 Å². The molecule has 112 valence electrons. The Kier molecular flexibility index (Phi) is 3.17. The van der Waals surface area contributed by atoms with E-state index in [1.165, 1.54) is 11.3 Å². The van der Waals surface area contributed by atoms with Gasteiger partial charge in [-0.05, 0) is 42.5 Å². The lowest BCUT2D eigenvalue weighted by molar-refractivity contribution is 0.0697. The standard InChI is InChI=1S/C17H11N3O2S/c21-17(22)11-4-6-13-14(9-11)23-16(19-13)7-5-12-10-18-15-3-1-2-8-20(12)15/h1-10H,(H,21,22). The smallest absolute Gasteiger partial charge is 0.335 e. The van der Waals surface area contributed by atoms with Crippen LogP contribution in [0.5, 0.6) is 0 Å². The quantitative estimate of drug-likeness (QED) is 0.623. The average Bonchev–Trinajstić information content (AvgIpc) is 3.15. The Hall–Kier alpha value is -2.99. The van der Waals surface area contributed by atoms with Crippen molar-refractivity contribution in [2.45, 2.75) is 0 Å². The maximum atomic E-state index is 11.0. The zero-order chi connectivity index (χ0) is 15.8. The number of imidazole rings is 1. The molecule has 0 amide bonds. The van der Waals surface area contributed by atoms with Crippen LogP contribution in [0.25, 0.3) is 28.0 Å². The van der Waals surface area contributed by atoms with Gasteiger partial charge in [-0.25, -0.2) is 14.8 Å². The molecule has 0 atom stereocenters. The molecule has 0 saturated heterocycles. The SMILES string of the molecule is O=C(O)c1ccc2nc(C=Cc3cnc4ccccn34)sc2c1. The summed E-state index contributed by atoms with van der Waals surface area (Å²) in [5.41, 5.74) is 2.94. The zero-order valence-electron chi connectivity index (χ0n) is 11.9. The van der Waals surface area contributed by atoms with E-state index in [4.69, 9.17) is 5.11 Å². The number of pyridine rings is 1. The van der Waals surface area contributed by atoms with Gasteiger partial charge in [0.2, 0.25) is 0 Å². The fraction of sp³-hybridized carbons (Fsp3) is 0. The van der Waals surface area contributed by atoms with Gasteiger partial charge in [0.05, 0.1) is 27.7 Å². The third kappa shape index (κ3) is 2.49. The number of carboxylic acid groups (broad SMARTS) is 1. The fourth-order valence-corrected chi connectivity index (χ4v) is 3.29. The molecule has 0 saturated carbocycles. The van der Waals surface area contributed by atoms with Gasteiger partial charge < -0.3 is 9.51 Å². The molecule has 0 aliphatic heterocycles. The van der Waals surface area contributed by atoms with Gasteiger partial charge >= 0.3 is 5.97 Å². The summed E-state index contributed by atoms with van der Waals surface area (Å²) in [6.07, 6.45) is 7.64. The van der Waals surface area contributed by atoms with Crippen LogP contribution >= 0.6 is 11.3 Å². The highest BCUT2D eigenvalue weighted by molar-refractivity contribution is 7.19. The van der Waals surface area contributed by atoms with Crippen LogP contribution in [0.3, 0.4) is 0 Å². The number of hydrogen-bond acceptors (Lipinski definition) is 4. The summed E-state index contributed by atoms with van der Waals surface area (Å²) >= 11 is 1.47. The van der Waals surface area contributed by atoms with Crippen LogP contribution in [0.1, 0.15) is 21.1 Å². The van der Waals surface area contributed by atoms with Gasteiger partial charge in [-0.1, -0.05) is 6.07 Å². The topological polar surface area (TPSA) is 67.5 Å². The minimum absolute atomic E-state index is 0.276. The number of fused-ring (bicyclic) bond motifs is 2. The second kappa shape index (κ2) is 5.33. The third-order valence-electron chi connectivity index (χ3n) is 3.49. The molecule has 4 aromatic rings. The molecule has 0 fully saturated rings. The van der Waals surface area contributed by atoms with E-state index in [0.29, 0.717) is 0 Å². The number of carbonyl (C=O) groups is 1. The van der Waals surface area contributed by atoms with Crippen molar-refractivity contribution in [1.82, 2.24) is 14.4 Å². The predicted octanol–water partition coefficient (Wildman–Crippen LogP) is 3.81. The molecule has 1 aromatic carbocycles. The van der Waals surface area contributed by atoms with Crippen molar-refractivity contribution in [2.24, 2.45) is 0 Å². The van der Waals surface area contributed by atoms with E-state index in [2.05, 4.69) is 9.97 Å². The van der Waals surface area contributed by atoms with Crippen LogP contribution in [-0.2, 0) is 0 Å². The van der Waals surface area contributed by atoms with E-state index in [9.17, 15) is 4.79 Å². The molecule has 4 rings (SSSR count). The number of carboxylic acids is 1. The van der Waals surface area contributed by atoms with Crippen molar-refractivity contribution in [3.8, 4) is 0 Å². The summed E-state index contributed by atoms with van der Waals surface area (Å²) in [7, 11) is 0. The number of hydrogen-bond donors (Lipinski definition) is 1. The Morgan fingerprint density at radius 3 is 3.00 bits per heavy atom. The van der Waals surface area contributed by atoms with Crippen molar-refractivity contribution in [2.75, 3.05) is 0 Å². The molecular weight excluding hydrogens is 310 g/mol. The van der Waals surface area contributed by atoms with E-state index in [0.717, 1.165) is 26.6 Å². The van der Waals surface area contributed by atoms with Gasteiger partial charge in [-0.3, -0.25) is 0 Å². The maximum Gasteiger partial charge on any atom is 0.335 e. The van der Waals surface area contributed by atoms with Crippen LogP contribution in [0.2, 0.25) is 0 Å². The molecule has 0 aliphatic rings. The summed E-state index contributed by atoms with van der Waals surface area (Å²) < 4.78 is 2.86. The van der Waals surface area contributed by atoms with Crippen molar-refractivity contribution in [3.63, 3.8) is 0 Å². The molecule has 6 heteroatoms. The maximum absolute atomic E-state index is 11.0. The van der Waals surface area contributed by atoms with Gasteiger partial charge in [-0.15, -0.1) is 11.3 Å². The first kappa shape index (κ1) is 13.7. The van der Waals surface area contributed by atoms with Crippen LogP contribution in [-0.4, -0.2) is 25.4 Å². The van der Waals surface area contributed by atoms with Gasteiger partial charge in [0.25, 0.3) is 0 Å². The first-order chi connectivity index (χ1) is 11.2. The molecule has 0 unspecified atom stereocenters. The van der Waals surface area contributed by atoms with Crippen molar-refractivity contribution >= 4 is 45.3 Å². The Bertz CT molecular complexity index is 1060. The Morgan fingerprint density at radius 1 is 1.22 bits per heavy atom. The lowest BCUT2D eigenvalue weighted by Crippen LogP contribution is -1.94. The van der Waals surface area contributed by atoms with Crippen LogP contribution < -0.4 is 0 Å².